The first-order chi connectivity index (χ1) is 8.25. The predicted octanol–water partition coefficient (Wildman–Crippen LogP) is 3.47. The van der Waals surface area contributed by atoms with Gasteiger partial charge in [0.05, 0.1) is 0 Å². The molecule has 1 aromatic heterocycles. The van der Waals surface area contributed by atoms with E-state index in [1.165, 1.54) is 17.7 Å². The number of aryl methyl sites for hydroxylation is 1. The number of hydrogen-bond donors (Lipinski definition) is 0. The summed E-state index contributed by atoms with van der Waals surface area (Å²) in [5.74, 6) is 0.165. The summed E-state index contributed by atoms with van der Waals surface area (Å²) in [5.41, 5.74) is 0. The Morgan fingerprint density at radius 3 is 2.53 bits per heavy atom. The zero-order valence-electron chi connectivity index (χ0n) is 10.3. The normalized spacial score (nSPS) is 17.4. The quantitative estimate of drug-likeness (QED) is 0.735. The lowest BCUT2D eigenvalue weighted by Gasteiger charge is -2.17. The number of rotatable bonds is 2. The van der Waals surface area contributed by atoms with E-state index in [4.69, 9.17) is 0 Å². The fourth-order valence-electron chi connectivity index (χ4n) is 2.09. The van der Waals surface area contributed by atoms with E-state index >= 15 is 0 Å². The van der Waals surface area contributed by atoms with Crippen LogP contribution in [0.15, 0.2) is 18.2 Å². The van der Waals surface area contributed by atoms with Crippen molar-refractivity contribution in [2.24, 2.45) is 0 Å². The van der Waals surface area contributed by atoms with E-state index in [0.717, 1.165) is 30.8 Å². The molecule has 0 atom stereocenters. The van der Waals surface area contributed by atoms with Gasteiger partial charge in [0.2, 0.25) is 5.91 Å². The smallest absolute Gasteiger partial charge is 0.246 e. The summed E-state index contributed by atoms with van der Waals surface area (Å²) in [5, 5.41) is 0. The molecular formula is C14H19NOS. The maximum Gasteiger partial charge on any atom is 0.246 e. The first kappa shape index (κ1) is 12.4. The highest BCUT2D eigenvalue weighted by molar-refractivity contribution is 7.12. The molecule has 0 bridgehead atoms. The van der Waals surface area contributed by atoms with Gasteiger partial charge in [0.25, 0.3) is 0 Å². The van der Waals surface area contributed by atoms with Crippen molar-refractivity contribution in [1.29, 1.82) is 0 Å². The fraction of sp³-hybridized carbons (Fsp3) is 0.500. The van der Waals surface area contributed by atoms with Gasteiger partial charge in [0, 0.05) is 28.9 Å². The van der Waals surface area contributed by atoms with Crippen molar-refractivity contribution in [3.05, 3.63) is 28.0 Å². The second kappa shape index (κ2) is 6.01. The monoisotopic (exact) mass is 249 g/mol. The lowest BCUT2D eigenvalue weighted by Crippen LogP contribution is -2.30. The molecule has 3 heteroatoms. The highest BCUT2D eigenvalue weighted by Crippen LogP contribution is 2.17. The van der Waals surface area contributed by atoms with E-state index in [1.54, 1.807) is 17.4 Å². The summed E-state index contributed by atoms with van der Waals surface area (Å²) in [7, 11) is 0. The second-order valence-electron chi connectivity index (χ2n) is 4.52. The van der Waals surface area contributed by atoms with Crippen molar-refractivity contribution in [2.45, 2.75) is 32.6 Å². The lowest BCUT2D eigenvalue weighted by atomic mass is 10.2. The van der Waals surface area contributed by atoms with Gasteiger partial charge in [0.1, 0.15) is 0 Å². The average molecular weight is 249 g/mol. The van der Waals surface area contributed by atoms with Crippen molar-refractivity contribution in [1.82, 2.24) is 4.90 Å². The third kappa shape index (κ3) is 3.70. The molecule has 0 saturated carbocycles. The van der Waals surface area contributed by atoms with Crippen molar-refractivity contribution >= 4 is 23.3 Å². The van der Waals surface area contributed by atoms with Crippen LogP contribution in [-0.2, 0) is 4.79 Å². The van der Waals surface area contributed by atoms with Crippen LogP contribution in [0.4, 0.5) is 0 Å². The van der Waals surface area contributed by atoms with Crippen molar-refractivity contribution < 1.29 is 4.79 Å². The molecule has 1 aromatic rings. The molecular weight excluding hydrogens is 230 g/mol. The second-order valence-corrected chi connectivity index (χ2v) is 5.84. The van der Waals surface area contributed by atoms with Gasteiger partial charge in [-0.2, -0.15) is 0 Å². The van der Waals surface area contributed by atoms with Gasteiger partial charge in [-0.1, -0.05) is 12.8 Å². The Kier molecular flexibility index (Phi) is 4.37. The molecule has 1 aliphatic heterocycles. The van der Waals surface area contributed by atoms with Crippen LogP contribution < -0.4 is 0 Å². The summed E-state index contributed by atoms with van der Waals surface area (Å²) in [4.78, 5) is 16.4. The Bertz CT molecular complexity index is 400. The molecule has 2 nitrogen and oxygen atoms in total. The van der Waals surface area contributed by atoms with Crippen LogP contribution in [-0.4, -0.2) is 23.9 Å². The van der Waals surface area contributed by atoms with Gasteiger partial charge in [-0.15, -0.1) is 11.3 Å². The zero-order chi connectivity index (χ0) is 12.1. The zero-order valence-corrected chi connectivity index (χ0v) is 11.1. The Morgan fingerprint density at radius 2 is 1.94 bits per heavy atom. The number of thiophene rings is 1. The van der Waals surface area contributed by atoms with Crippen LogP contribution in [0.2, 0.25) is 0 Å². The van der Waals surface area contributed by atoms with Crippen molar-refractivity contribution in [3.8, 4) is 0 Å². The maximum absolute atomic E-state index is 12.0. The third-order valence-electron chi connectivity index (χ3n) is 3.07. The van der Waals surface area contributed by atoms with E-state index in [2.05, 4.69) is 19.1 Å². The fourth-order valence-corrected chi connectivity index (χ4v) is 2.87. The number of carbonyl (C=O) groups excluding carboxylic acids is 1. The van der Waals surface area contributed by atoms with E-state index in [0.29, 0.717) is 0 Å². The minimum absolute atomic E-state index is 0.165. The Balaban J connectivity index is 1.93. The topological polar surface area (TPSA) is 20.3 Å². The highest BCUT2D eigenvalue weighted by Gasteiger charge is 2.12. The van der Waals surface area contributed by atoms with Gasteiger partial charge in [-0.3, -0.25) is 4.79 Å². The molecule has 1 fully saturated rings. The van der Waals surface area contributed by atoms with Gasteiger partial charge < -0.3 is 4.90 Å². The lowest BCUT2D eigenvalue weighted by molar-refractivity contribution is -0.125. The molecule has 1 aliphatic rings. The summed E-state index contributed by atoms with van der Waals surface area (Å²) < 4.78 is 0. The number of likely N-dealkylation sites (tertiary alicyclic amines) is 1. The van der Waals surface area contributed by atoms with E-state index in [1.807, 2.05) is 11.0 Å². The van der Waals surface area contributed by atoms with Gasteiger partial charge in [0.15, 0.2) is 0 Å². The molecule has 17 heavy (non-hydrogen) atoms. The number of amides is 1. The van der Waals surface area contributed by atoms with E-state index < -0.39 is 0 Å². The van der Waals surface area contributed by atoms with Gasteiger partial charge in [-0.05, 0) is 38.0 Å². The molecule has 0 radical (unpaired) electrons. The minimum atomic E-state index is 0.165. The number of nitrogens with zero attached hydrogens (tertiary/aromatic N) is 1. The SMILES string of the molecule is Cc1ccc(C=CC(=O)N2CCCCCC2)s1. The Morgan fingerprint density at radius 1 is 1.24 bits per heavy atom. The summed E-state index contributed by atoms with van der Waals surface area (Å²) in [6.07, 6.45) is 8.48. The van der Waals surface area contributed by atoms with Crippen LogP contribution in [0.1, 0.15) is 35.4 Å². The van der Waals surface area contributed by atoms with Crippen LogP contribution in [0, 0.1) is 6.92 Å². The Labute approximate surface area is 107 Å². The molecule has 0 aromatic carbocycles. The average Bonchev–Trinajstić information content (AvgIpc) is 2.58. The van der Waals surface area contributed by atoms with Crippen LogP contribution in [0.3, 0.4) is 0 Å². The molecule has 0 spiro atoms. The van der Waals surface area contributed by atoms with Crippen molar-refractivity contribution in [3.63, 3.8) is 0 Å². The molecule has 2 rings (SSSR count). The summed E-state index contributed by atoms with van der Waals surface area (Å²) in [6.45, 7) is 3.93. The standard InChI is InChI=1S/C14H19NOS/c1-12-6-7-13(17-12)8-9-14(16)15-10-4-2-3-5-11-15/h6-9H,2-5,10-11H2,1H3. The highest BCUT2D eigenvalue weighted by atomic mass is 32.1. The largest absolute Gasteiger partial charge is 0.339 e. The van der Waals surface area contributed by atoms with E-state index in [9.17, 15) is 4.79 Å². The molecule has 2 heterocycles. The molecule has 1 amide bonds. The number of hydrogen-bond acceptors (Lipinski definition) is 2. The summed E-state index contributed by atoms with van der Waals surface area (Å²) in [6, 6.07) is 4.15. The molecule has 92 valence electrons. The first-order valence-electron chi connectivity index (χ1n) is 6.29. The predicted molar refractivity (Wildman–Crippen MR) is 73.1 cm³/mol. The first-order valence-corrected chi connectivity index (χ1v) is 7.11. The van der Waals surface area contributed by atoms with Gasteiger partial charge >= 0.3 is 0 Å². The summed E-state index contributed by atoms with van der Waals surface area (Å²) >= 11 is 1.72. The van der Waals surface area contributed by atoms with E-state index in [-0.39, 0.29) is 5.91 Å². The molecule has 0 aliphatic carbocycles. The minimum Gasteiger partial charge on any atom is -0.339 e. The third-order valence-corrected chi connectivity index (χ3v) is 4.03. The molecule has 0 N–H and O–H groups in total. The number of carbonyl (C=O) groups is 1. The van der Waals surface area contributed by atoms with Gasteiger partial charge in [-0.25, -0.2) is 0 Å². The maximum atomic E-state index is 12.0. The molecule has 1 saturated heterocycles. The molecule has 0 unspecified atom stereocenters. The van der Waals surface area contributed by atoms with Crippen LogP contribution in [0.5, 0.6) is 0 Å². The Hall–Kier alpha value is -1.09. The van der Waals surface area contributed by atoms with Crippen molar-refractivity contribution in [2.75, 3.05) is 13.1 Å². The van der Waals surface area contributed by atoms with Crippen LogP contribution in [0.25, 0.3) is 6.08 Å². The van der Waals surface area contributed by atoms with Crippen LogP contribution >= 0.6 is 11.3 Å².